The van der Waals surface area contributed by atoms with Crippen LogP contribution in [0.25, 0.3) is 5.65 Å². The average molecular weight is 446 g/mol. The fourth-order valence-electron chi connectivity index (χ4n) is 4.19. The Morgan fingerprint density at radius 3 is 2.85 bits per heavy atom. The molecule has 1 aliphatic heterocycles. The second-order valence-corrected chi connectivity index (χ2v) is 8.45. The molecule has 1 fully saturated rings. The van der Waals surface area contributed by atoms with E-state index in [2.05, 4.69) is 43.4 Å². The number of carbonyl (C=O) groups excluding carboxylic acids is 1. The normalized spacial score (nSPS) is 17.5. The molecule has 1 atom stereocenters. The predicted molar refractivity (Wildman–Crippen MR) is 122 cm³/mol. The summed E-state index contributed by atoms with van der Waals surface area (Å²) in [6, 6.07) is 13.4. The maximum absolute atomic E-state index is 12.8. The van der Waals surface area contributed by atoms with Crippen molar-refractivity contribution in [3.63, 3.8) is 0 Å². The molecular formula is C24H27N7O2. The Morgan fingerprint density at radius 2 is 2.06 bits per heavy atom. The number of hydrogen-bond donors (Lipinski definition) is 1. The summed E-state index contributed by atoms with van der Waals surface area (Å²) in [6.45, 7) is 5.69. The Kier molecular flexibility index (Phi) is 5.89. The maximum atomic E-state index is 12.8. The number of likely N-dealkylation sites (N-methyl/N-ethyl adjacent to an activating group) is 1. The maximum Gasteiger partial charge on any atom is 0.253 e. The molecular weight excluding hydrogens is 418 g/mol. The van der Waals surface area contributed by atoms with Crippen LogP contribution in [0, 0.1) is 6.92 Å². The van der Waals surface area contributed by atoms with Crippen LogP contribution in [0.4, 0.5) is 0 Å². The highest BCUT2D eigenvalue weighted by molar-refractivity contribution is 5.94. The third kappa shape index (κ3) is 4.64. The van der Waals surface area contributed by atoms with E-state index in [-0.39, 0.29) is 11.9 Å². The van der Waals surface area contributed by atoms with Crippen LogP contribution in [0.1, 0.15) is 39.4 Å². The van der Waals surface area contributed by atoms with Crippen LogP contribution < -0.4 is 5.32 Å². The third-order valence-corrected chi connectivity index (χ3v) is 6.05. The minimum atomic E-state index is -0.167. The molecule has 1 aliphatic rings. The number of nitrogens with zero attached hydrogens (tertiary/aromatic N) is 6. The Hall–Kier alpha value is -3.56. The molecule has 5 rings (SSSR count). The fourth-order valence-corrected chi connectivity index (χ4v) is 4.19. The molecule has 0 bridgehead atoms. The molecule has 1 unspecified atom stereocenters. The number of fused-ring (bicyclic) bond motifs is 1. The molecule has 4 aromatic heterocycles. The smallest absolute Gasteiger partial charge is 0.253 e. The summed E-state index contributed by atoms with van der Waals surface area (Å²) in [5.74, 6) is 2.21. The number of pyridine rings is 2. The zero-order valence-corrected chi connectivity index (χ0v) is 18.8. The molecule has 1 amide bonds. The summed E-state index contributed by atoms with van der Waals surface area (Å²) in [6.07, 6.45) is 3.65. The fraction of sp³-hybridized carbons (Fsp3) is 0.333. The second-order valence-electron chi connectivity index (χ2n) is 8.45. The Bertz CT molecular complexity index is 1250. The molecule has 0 aromatic carbocycles. The standard InChI is InChI=1S/C24H27N7O2/c1-17-6-8-20(33-17)13-26-24(32)18-7-9-22-27-28-23(31(22)14-18)21-16-30(12-11-29(21)2)15-19-5-3-4-10-25-19/h3-10,14,21H,11-13,15-16H2,1-2H3,(H,26,32). The van der Waals surface area contributed by atoms with Gasteiger partial charge in [-0.3, -0.25) is 24.0 Å². The molecule has 170 valence electrons. The number of rotatable bonds is 6. The first-order chi connectivity index (χ1) is 16.1. The highest BCUT2D eigenvalue weighted by atomic mass is 16.3. The molecule has 4 aromatic rings. The lowest BCUT2D eigenvalue weighted by atomic mass is 10.1. The van der Waals surface area contributed by atoms with Crippen molar-refractivity contribution in [3.8, 4) is 0 Å². The van der Waals surface area contributed by atoms with Crippen molar-refractivity contribution >= 4 is 11.6 Å². The number of nitrogens with one attached hydrogen (secondary N) is 1. The van der Waals surface area contributed by atoms with Crippen LogP contribution in [0.5, 0.6) is 0 Å². The molecule has 1 saturated heterocycles. The zero-order valence-electron chi connectivity index (χ0n) is 18.8. The Morgan fingerprint density at radius 1 is 1.15 bits per heavy atom. The number of hydrogen-bond acceptors (Lipinski definition) is 7. The quantitative estimate of drug-likeness (QED) is 0.487. The summed E-state index contributed by atoms with van der Waals surface area (Å²) in [4.78, 5) is 21.9. The number of furan rings is 1. The van der Waals surface area contributed by atoms with E-state index in [1.807, 2.05) is 54.0 Å². The van der Waals surface area contributed by atoms with Gasteiger partial charge in [0.05, 0.1) is 23.8 Å². The molecule has 0 saturated carbocycles. The van der Waals surface area contributed by atoms with Gasteiger partial charge in [0, 0.05) is 38.6 Å². The largest absolute Gasteiger partial charge is 0.465 e. The lowest BCUT2D eigenvalue weighted by molar-refractivity contribution is 0.0844. The van der Waals surface area contributed by atoms with Gasteiger partial charge in [0.25, 0.3) is 5.91 Å². The summed E-state index contributed by atoms with van der Waals surface area (Å²) in [7, 11) is 2.10. The van der Waals surface area contributed by atoms with E-state index in [0.717, 1.165) is 54.9 Å². The Balaban J connectivity index is 1.34. The van der Waals surface area contributed by atoms with E-state index < -0.39 is 0 Å². The van der Waals surface area contributed by atoms with Crippen molar-refractivity contribution in [1.29, 1.82) is 0 Å². The number of aromatic nitrogens is 4. The first-order valence-electron chi connectivity index (χ1n) is 11.1. The van der Waals surface area contributed by atoms with Crippen molar-refractivity contribution in [1.82, 2.24) is 34.7 Å². The molecule has 33 heavy (non-hydrogen) atoms. The van der Waals surface area contributed by atoms with Crippen LogP contribution in [-0.2, 0) is 13.1 Å². The number of amides is 1. The van der Waals surface area contributed by atoms with E-state index >= 15 is 0 Å². The molecule has 5 heterocycles. The predicted octanol–water partition coefficient (Wildman–Crippen LogP) is 2.44. The van der Waals surface area contributed by atoms with Gasteiger partial charge >= 0.3 is 0 Å². The molecule has 9 heteroatoms. The first kappa shape index (κ1) is 21.3. The van der Waals surface area contributed by atoms with Crippen molar-refractivity contribution in [2.75, 3.05) is 26.7 Å². The van der Waals surface area contributed by atoms with Gasteiger partial charge in [0.2, 0.25) is 0 Å². The van der Waals surface area contributed by atoms with E-state index in [1.165, 1.54) is 0 Å². The molecule has 1 N–H and O–H groups in total. The summed E-state index contributed by atoms with van der Waals surface area (Å²) in [5, 5.41) is 11.7. The van der Waals surface area contributed by atoms with E-state index in [1.54, 1.807) is 6.07 Å². The van der Waals surface area contributed by atoms with Gasteiger partial charge in [-0.1, -0.05) is 6.07 Å². The second kappa shape index (κ2) is 9.13. The van der Waals surface area contributed by atoms with Crippen LogP contribution in [0.15, 0.2) is 59.3 Å². The number of aryl methyl sites for hydroxylation is 1. The monoisotopic (exact) mass is 445 g/mol. The molecule has 0 aliphatic carbocycles. The first-order valence-corrected chi connectivity index (χ1v) is 11.1. The lowest BCUT2D eigenvalue weighted by Crippen LogP contribution is -2.46. The molecule has 9 nitrogen and oxygen atoms in total. The van der Waals surface area contributed by atoms with E-state index in [9.17, 15) is 4.79 Å². The van der Waals surface area contributed by atoms with Crippen molar-refractivity contribution in [2.45, 2.75) is 26.1 Å². The third-order valence-electron chi connectivity index (χ3n) is 6.05. The van der Waals surface area contributed by atoms with Gasteiger partial charge in [-0.2, -0.15) is 0 Å². The molecule has 0 spiro atoms. The van der Waals surface area contributed by atoms with Gasteiger partial charge in [-0.25, -0.2) is 0 Å². The minimum absolute atomic E-state index is 0.0573. The van der Waals surface area contributed by atoms with Crippen LogP contribution in [-0.4, -0.2) is 62.0 Å². The van der Waals surface area contributed by atoms with Gasteiger partial charge in [0.15, 0.2) is 11.5 Å². The van der Waals surface area contributed by atoms with Crippen molar-refractivity contribution in [2.24, 2.45) is 0 Å². The number of carbonyl (C=O) groups is 1. The van der Waals surface area contributed by atoms with Gasteiger partial charge < -0.3 is 9.73 Å². The van der Waals surface area contributed by atoms with E-state index in [0.29, 0.717) is 12.1 Å². The van der Waals surface area contributed by atoms with Gasteiger partial charge in [-0.05, 0) is 50.4 Å². The minimum Gasteiger partial charge on any atom is -0.465 e. The number of piperazine rings is 1. The van der Waals surface area contributed by atoms with Crippen LogP contribution >= 0.6 is 0 Å². The van der Waals surface area contributed by atoms with E-state index in [4.69, 9.17) is 4.42 Å². The topological polar surface area (TPSA) is 91.8 Å². The summed E-state index contributed by atoms with van der Waals surface area (Å²) < 4.78 is 7.46. The lowest BCUT2D eigenvalue weighted by Gasteiger charge is -2.38. The zero-order chi connectivity index (χ0) is 22.8. The highest BCUT2D eigenvalue weighted by Gasteiger charge is 2.29. The highest BCUT2D eigenvalue weighted by Crippen LogP contribution is 2.24. The van der Waals surface area contributed by atoms with Crippen molar-refractivity contribution < 1.29 is 9.21 Å². The summed E-state index contributed by atoms with van der Waals surface area (Å²) in [5.41, 5.74) is 2.33. The van der Waals surface area contributed by atoms with Gasteiger partial charge in [0.1, 0.15) is 11.5 Å². The van der Waals surface area contributed by atoms with Crippen LogP contribution in [0.2, 0.25) is 0 Å². The SMILES string of the molecule is Cc1ccc(CNC(=O)c2ccc3nnc(C4CN(Cc5ccccn5)CCN4C)n3c2)o1. The summed E-state index contributed by atoms with van der Waals surface area (Å²) >= 11 is 0. The average Bonchev–Trinajstić information content (AvgIpc) is 3.45. The van der Waals surface area contributed by atoms with Gasteiger partial charge in [-0.15, -0.1) is 10.2 Å². The molecule has 0 radical (unpaired) electrons. The van der Waals surface area contributed by atoms with Crippen LogP contribution in [0.3, 0.4) is 0 Å². The Labute approximate surface area is 192 Å². The van der Waals surface area contributed by atoms with Crippen molar-refractivity contribution in [3.05, 3.63) is 83.5 Å².